The third-order valence-corrected chi connectivity index (χ3v) is 4.10. The maximum absolute atomic E-state index is 11.8. The summed E-state index contributed by atoms with van der Waals surface area (Å²) in [4.78, 5) is 0.340. The van der Waals surface area contributed by atoms with Crippen molar-refractivity contribution in [2.45, 2.75) is 10.9 Å². The average molecular weight is 212 g/mol. The van der Waals surface area contributed by atoms with Gasteiger partial charge in [0.05, 0.1) is 4.90 Å². The van der Waals surface area contributed by atoms with Gasteiger partial charge in [-0.15, -0.1) is 0 Å². The Balaban J connectivity index is 2.26. The maximum atomic E-state index is 11.8. The summed E-state index contributed by atoms with van der Waals surface area (Å²) < 4.78 is 25.1. The van der Waals surface area contributed by atoms with Crippen LogP contribution in [0.1, 0.15) is 0 Å². The highest BCUT2D eigenvalue weighted by Crippen LogP contribution is 2.19. The average Bonchev–Trinajstić information content (AvgIpc) is 2.14. The van der Waals surface area contributed by atoms with Gasteiger partial charge in [-0.25, -0.2) is 8.42 Å². The Bertz CT molecular complexity index is 410. The normalized spacial score (nSPS) is 19.2. The second-order valence-corrected chi connectivity index (χ2v) is 5.33. The van der Waals surface area contributed by atoms with Gasteiger partial charge in [-0.05, 0) is 12.1 Å². The van der Waals surface area contributed by atoms with E-state index >= 15 is 0 Å². The van der Waals surface area contributed by atoms with Gasteiger partial charge >= 0.3 is 0 Å². The zero-order chi connectivity index (χ0) is 10.2. The van der Waals surface area contributed by atoms with Crippen LogP contribution in [0.15, 0.2) is 35.2 Å². The van der Waals surface area contributed by atoms with Crippen LogP contribution in [0, 0.1) is 0 Å². The molecule has 2 rings (SSSR count). The summed E-state index contributed by atoms with van der Waals surface area (Å²) >= 11 is 0. The molecule has 0 aliphatic carbocycles. The van der Waals surface area contributed by atoms with Crippen LogP contribution < -0.4 is 5.73 Å². The standard InChI is InChI=1S/C9H12N2O2S/c10-8-6-11(7-8)14(12,13)9-4-2-1-3-5-9/h1-5,8H,6-7,10H2. The van der Waals surface area contributed by atoms with E-state index in [0.29, 0.717) is 18.0 Å². The Morgan fingerprint density at radius 1 is 1.21 bits per heavy atom. The SMILES string of the molecule is NC1CN(S(=O)(=O)c2ccccc2)C1. The van der Waals surface area contributed by atoms with E-state index < -0.39 is 10.0 Å². The molecule has 0 radical (unpaired) electrons. The number of nitrogens with zero attached hydrogens (tertiary/aromatic N) is 1. The second-order valence-electron chi connectivity index (χ2n) is 3.40. The molecule has 1 heterocycles. The van der Waals surface area contributed by atoms with Gasteiger partial charge in [0.15, 0.2) is 0 Å². The van der Waals surface area contributed by atoms with Crippen molar-refractivity contribution in [3.05, 3.63) is 30.3 Å². The highest BCUT2D eigenvalue weighted by Gasteiger charge is 2.34. The third-order valence-electron chi connectivity index (χ3n) is 2.26. The van der Waals surface area contributed by atoms with Crippen molar-refractivity contribution in [2.24, 2.45) is 5.73 Å². The topological polar surface area (TPSA) is 63.4 Å². The van der Waals surface area contributed by atoms with E-state index in [1.807, 2.05) is 0 Å². The van der Waals surface area contributed by atoms with Gasteiger partial charge in [0.25, 0.3) is 0 Å². The maximum Gasteiger partial charge on any atom is 0.243 e. The molecule has 0 bridgehead atoms. The Labute approximate surface area is 83.4 Å². The molecule has 0 amide bonds. The number of rotatable bonds is 2. The van der Waals surface area contributed by atoms with Crippen molar-refractivity contribution < 1.29 is 8.42 Å². The van der Waals surface area contributed by atoms with E-state index in [1.165, 1.54) is 4.31 Å². The predicted octanol–water partition coefficient (Wildman–Crippen LogP) is 0.0182. The molecule has 2 N–H and O–H groups in total. The van der Waals surface area contributed by atoms with E-state index in [-0.39, 0.29) is 6.04 Å². The molecule has 1 aromatic carbocycles. The summed E-state index contributed by atoms with van der Waals surface area (Å²) in [7, 11) is -3.28. The fourth-order valence-electron chi connectivity index (χ4n) is 1.41. The van der Waals surface area contributed by atoms with Crippen molar-refractivity contribution in [2.75, 3.05) is 13.1 Å². The van der Waals surface area contributed by atoms with Crippen LogP contribution in [0.3, 0.4) is 0 Å². The third kappa shape index (κ3) is 1.54. The Kier molecular flexibility index (Phi) is 2.30. The molecular weight excluding hydrogens is 200 g/mol. The fourth-order valence-corrected chi connectivity index (χ4v) is 2.98. The minimum absolute atomic E-state index is 0.00603. The predicted molar refractivity (Wildman–Crippen MR) is 53.2 cm³/mol. The lowest BCUT2D eigenvalue weighted by Crippen LogP contribution is -2.57. The summed E-state index contributed by atoms with van der Waals surface area (Å²) in [5.74, 6) is 0. The van der Waals surface area contributed by atoms with E-state index in [9.17, 15) is 8.42 Å². The lowest BCUT2D eigenvalue weighted by molar-refractivity contribution is 0.265. The van der Waals surface area contributed by atoms with E-state index in [0.717, 1.165) is 0 Å². The lowest BCUT2D eigenvalue weighted by Gasteiger charge is -2.35. The van der Waals surface area contributed by atoms with Gasteiger partial charge in [0, 0.05) is 19.1 Å². The van der Waals surface area contributed by atoms with Gasteiger partial charge < -0.3 is 5.73 Å². The van der Waals surface area contributed by atoms with E-state index in [2.05, 4.69) is 0 Å². The molecule has 1 aromatic rings. The summed E-state index contributed by atoms with van der Waals surface area (Å²) in [6.07, 6.45) is 0. The summed E-state index contributed by atoms with van der Waals surface area (Å²) in [5, 5.41) is 0. The quantitative estimate of drug-likeness (QED) is 0.751. The number of nitrogens with two attached hydrogens (primary N) is 1. The molecule has 0 spiro atoms. The van der Waals surface area contributed by atoms with Crippen molar-refractivity contribution in [3.63, 3.8) is 0 Å². The smallest absolute Gasteiger partial charge is 0.243 e. The molecule has 1 aliphatic heterocycles. The lowest BCUT2D eigenvalue weighted by atomic mass is 10.2. The first kappa shape index (κ1) is 9.64. The molecule has 5 heteroatoms. The first-order chi connectivity index (χ1) is 6.60. The molecule has 1 aliphatic rings. The molecule has 0 saturated carbocycles. The van der Waals surface area contributed by atoms with Crippen molar-refractivity contribution >= 4 is 10.0 Å². The molecule has 1 saturated heterocycles. The van der Waals surface area contributed by atoms with Gasteiger partial charge in [0.2, 0.25) is 10.0 Å². The minimum Gasteiger partial charge on any atom is -0.325 e. The Morgan fingerprint density at radius 2 is 1.79 bits per heavy atom. The fraction of sp³-hybridized carbons (Fsp3) is 0.333. The summed E-state index contributed by atoms with van der Waals surface area (Å²) in [6, 6.07) is 8.41. The van der Waals surface area contributed by atoms with E-state index in [4.69, 9.17) is 5.73 Å². The van der Waals surface area contributed by atoms with Crippen LogP contribution in [0.4, 0.5) is 0 Å². The van der Waals surface area contributed by atoms with Gasteiger partial charge in [-0.1, -0.05) is 18.2 Å². The monoisotopic (exact) mass is 212 g/mol. The van der Waals surface area contributed by atoms with Crippen LogP contribution in [-0.4, -0.2) is 31.9 Å². The Morgan fingerprint density at radius 3 is 2.29 bits per heavy atom. The molecule has 0 atom stereocenters. The summed E-state index contributed by atoms with van der Waals surface area (Å²) in [6.45, 7) is 0.856. The van der Waals surface area contributed by atoms with Crippen LogP contribution >= 0.6 is 0 Å². The minimum atomic E-state index is -3.28. The van der Waals surface area contributed by atoms with Crippen LogP contribution in [-0.2, 0) is 10.0 Å². The zero-order valence-corrected chi connectivity index (χ0v) is 8.44. The number of hydrogen-bond acceptors (Lipinski definition) is 3. The molecule has 0 aromatic heterocycles. The van der Waals surface area contributed by atoms with Gasteiger partial charge in [0.1, 0.15) is 0 Å². The highest BCUT2D eigenvalue weighted by atomic mass is 32.2. The van der Waals surface area contributed by atoms with Crippen LogP contribution in [0.5, 0.6) is 0 Å². The zero-order valence-electron chi connectivity index (χ0n) is 7.63. The molecule has 0 unspecified atom stereocenters. The molecule has 4 nitrogen and oxygen atoms in total. The van der Waals surface area contributed by atoms with Gasteiger partial charge in [-0.2, -0.15) is 4.31 Å². The highest BCUT2D eigenvalue weighted by molar-refractivity contribution is 7.89. The molecule has 1 fully saturated rings. The second kappa shape index (κ2) is 3.34. The largest absolute Gasteiger partial charge is 0.325 e. The van der Waals surface area contributed by atoms with E-state index in [1.54, 1.807) is 30.3 Å². The van der Waals surface area contributed by atoms with Crippen molar-refractivity contribution in [3.8, 4) is 0 Å². The van der Waals surface area contributed by atoms with Crippen molar-refractivity contribution in [1.82, 2.24) is 4.31 Å². The number of hydrogen-bond donors (Lipinski definition) is 1. The van der Waals surface area contributed by atoms with Crippen LogP contribution in [0.2, 0.25) is 0 Å². The molecule has 76 valence electrons. The number of benzene rings is 1. The first-order valence-corrected chi connectivity index (χ1v) is 5.85. The van der Waals surface area contributed by atoms with Crippen molar-refractivity contribution in [1.29, 1.82) is 0 Å². The first-order valence-electron chi connectivity index (χ1n) is 4.41. The molecule has 14 heavy (non-hydrogen) atoms. The summed E-state index contributed by atoms with van der Waals surface area (Å²) in [5.41, 5.74) is 5.54. The number of sulfonamides is 1. The Hall–Kier alpha value is -0.910. The van der Waals surface area contributed by atoms with Gasteiger partial charge in [-0.3, -0.25) is 0 Å². The molecular formula is C9H12N2O2S. The van der Waals surface area contributed by atoms with Crippen LogP contribution in [0.25, 0.3) is 0 Å².